The number of rotatable bonds is 2. The second-order valence-corrected chi connectivity index (χ2v) is 6.58. The Morgan fingerprint density at radius 3 is 2.94 bits per heavy atom. The first kappa shape index (κ1) is 11.5. The maximum atomic E-state index is 11.1. The quantitative estimate of drug-likeness (QED) is 0.826. The van der Waals surface area contributed by atoms with Crippen LogP contribution in [0.4, 0.5) is 0 Å². The molecule has 1 aromatic rings. The highest BCUT2D eigenvalue weighted by Gasteiger charge is 2.26. The molecule has 6 heteroatoms. The van der Waals surface area contributed by atoms with Gasteiger partial charge >= 0.3 is 0 Å². The van der Waals surface area contributed by atoms with Crippen molar-refractivity contribution < 1.29 is 18.3 Å². The van der Waals surface area contributed by atoms with Gasteiger partial charge in [-0.25, -0.2) is 8.42 Å². The summed E-state index contributed by atoms with van der Waals surface area (Å²) in [6.45, 7) is 0.467. The summed E-state index contributed by atoms with van der Waals surface area (Å²) in [5.41, 5.74) is 0.704. The number of phenols is 1. The van der Waals surface area contributed by atoms with Crippen LogP contribution in [0.25, 0.3) is 0 Å². The van der Waals surface area contributed by atoms with Gasteiger partial charge in [0.2, 0.25) is 9.05 Å². The van der Waals surface area contributed by atoms with Gasteiger partial charge in [0, 0.05) is 22.2 Å². The number of benzene rings is 1. The summed E-state index contributed by atoms with van der Waals surface area (Å²) >= 11 is 0. The van der Waals surface area contributed by atoms with E-state index >= 15 is 0 Å². The van der Waals surface area contributed by atoms with E-state index in [0.29, 0.717) is 24.3 Å². The first-order valence-electron chi connectivity index (χ1n) is 4.84. The normalized spacial score (nSPS) is 19.9. The number of halogens is 1. The Morgan fingerprint density at radius 2 is 2.25 bits per heavy atom. The zero-order valence-electron chi connectivity index (χ0n) is 8.39. The van der Waals surface area contributed by atoms with Crippen LogP contribution in [0.5, 0.6) is 11.5 Å². The topological polar surface area (TPSA) is 63.6 Å². The van der Waals surface area contributed by atoms with Crippen molar-refractivity contribution in [1.82, 2.24) is 0 Å². The third-order valence-electron chi connectivity index (χ3n) is 2.56. The molecule has 1 N–H and O–H groups in total. The molecule has 0 saturated carbocycles. The molecule has 1 aliphatic heterocycles. The first-order valence-corrected chi connectivity index (χ1v) is 7.31. The van der Waals surface area contributed by atoms with Crippen LogP contribution in [-0.2, 0) is 9.05 Å². The van der Waals surface area contributed by atoms with Crippen LogP contribution in [0.2, 0.25) is 0 Å². The van der Waals surface area contributed by atoms with Crippen LogP contribution in [0.3, 0.4) is 0 Å². The molecule has 0 aliphatic carbocycles. The minimum Gasteiger partial charge on any atom is -0.508 e. The highest BCUT2D eigenvalue weighted by Crippen LogP contribution is 2.36. The summed E-state index contributed by atoms with van der Waals surface area (Å²) in [6, 6.07) is 4.68. The largest absolute Gasteiger partial charge is 0.508 e. The number of hydrogen-bond acceptors (Lipinski definition) is 4. The van der Waals surface area contributed by atoms with Gasteiger partial charge in [-0.2, -0.15) is 0 Å². The van der Waals surface area contributed by atoms with Gasteiger partial charge < -0.3 is 9.84 Å². The van der Waals surface area contributed by atoms with Crippen molar-refractivity contribution in [1.29, 1.82) is 0 Å². The Labute approximate surface area is 98.2 Å². The molecule has 0 fully saturated rings. The Hall–Kier alpha value is -0.940. The smallest absolute Gasteiger partial charge is 0.233 e. The van der Waals surface area contributed by atoms with Crippen molar-refractivity contribution >= 4 is 19.7 Å². The van der Waals surface area contributed by atoms with E-state index in [2.05, 4.69) is 0 Å². The molecule has 0 bridgehead atoms. The van der Waals surface area contributed by atoms with Crippen LogP contribution >= 0.6 is 10.7 Å². The molecule has 2 rings (SSSR count). The van der Waals surface area contributed by atoms with Crippen LogP contribution in [-0.4, -0.2) is 25.9 Å². The van der Waals surface area contributed by atoms with E-state index < -0.39 is 9.05 Å². The van der Waals surface area contributed by atoms with Gasteiger partial charge in [-0.1, -0.05) is 0 Å². The van der Waals surface area contributed by atoms with Crippen molar-refractivity contribution in [3.05, 3.63) is 23.8 Å². The lowest BCUT2D eigenvalue weighted by Crippen LogP contribution is -2.19. The lowest BCUT2D eigenvalue weighted by molar-refractivity contribution is 0.272. The van der Waals surface area contributed by atoms with E-state index in [1.807, 2.05) is 0 Å². The minimum atomic E-state index is -3.54. The summed E-state index contributed by atoms with van der Waals surface area (Å²) in [5, 5.41) is 9.37. The molecule has 0 radical (unpaired) electrons. The molecule has 0 saturated heterocycles. The molecule has 0 amide bonds. The fourth-order valence-corrected chi connectivity index (χ4v) is 3.15. The molecule has 1 aliphatic rings. The Kier molecular flexibility index (Phi) is 2.99. The molecule has 88 valence electrons. The summed E-state index contributed by atoms with van der Waals surface area (Å²) in [6.07, 6.45) is 0.586. The van der Waals surface area contributed by atoms with Crippen molar-refractivity contribution in [2.45, 2.75) is 12.3 Å². The number of phenolic OH excluding ortho intramolecular Hbond substituents is 1. The molecule has 1 aromatic carbocycles. The summed E-state index contributed by atoms with van der Waals surface area (Å²) in [7, 11) is 1.70. The molecule has 4 nitrogen and oxygen atoms in total. The molecule has 0 spiro atoms. The highest BCUT2D eigenvalue weighted by molar-refractivity contribution is 8.13. The van der Waals surface area contributed by atoms with Gasteiger partial charge in [0.05, 0.1) is 12.4 Å². The summed E-state index contributed by atoms with van der Waals surface area (Å²) < 4.78 is 27.5. The first-order chi connectivity index (χ1) is 7.46. The maximum Gasteiger partial charge on any atom is 0.233 e. The lowest BCUT2D eigenvalue weighted by atomic mass is 9.95. The fraction of sp³-hybridized carbons (Fsp3) is 0.400. The van der Waals surface area contributed by atoms with Crippen LogP contribution in [0.15, 0.2) is 18.2 Å². The van der Waals surface area contributed by atoms with Gasteiger partial charge in [-0.3, -0.25) is 0 Å². The van der Waals surface area contributed by atoms with Gasteiger partial charge in [0.1, 0.15) is 11.5 Å². The van der Waals surface area contributed by atoms with Crippen LogP contribution in [0, 0.1) is 0 Å². The predicted molar refractivity (Wildman–Crippen MR) is 60.6 cm³/mol. The molecule has 1 heterocycles. The fourth-order valence-electron chi connectivity index (χ4n) is 1.87. The van der Waals surface area contributed by atoms with E-state index in [9.17, 15) is 13.5 Å². The predicted octanol–water partition coefficient (Wildman–Crippen LogP) is 1.83. The van der Waals surface area contributed by atoms with Gasteiger partial charge in [0.15, 0.2) is 0 Å². The van der Waals surface area contributed by atoms with Gasteiger partial charge in [-0.15, -0.1) is 0 Å². The third-order valence-corrected chi connectivity index (χ3v) is 3.74. The summed E-state index contributed by atoms with van der Waals surface area (Å²) in [5.74, 6) is 0.378. The average molecular weight is 263 g/mol. The molecule has 1 atom stereocenters. The van der Waals surface area contributed by atoms with E-state index in [0.717, 1.165) is 0 Å². The molecule has 1 unspecified atom stereocenters. The second kappa shape index (κ2) is 4.14. The number of fused-ring (bicyclic) bond motifs is 1. The zero-order chi connectivity index (χ0) is 11.8. The molecular weight excluding hydrogens is 252 g/mol. The van der Waals surface area contributed by atoms with Crippen molar-refractivity contribution in [3.63, 3.8) is 0 Å². The standard InChI is InChI=1S/C10H11ClO4S/c11-16(13,14)6-7-3-4-15-10-2-1-8(12)5-9(7)10/h1-2,5,7,12H,3-4,6H2. The minimum absolute atomic E-state index is 0.0984. The van der Waals surface area contributed by atoms with Crippen LogP contribution in [0.1, 0.15) is 17.9 Å². The average Bonchev–Trinajstić information content (AvgIpc) is 2.17. The number of aromatic hydroxyl groups is 1. The SMILES string of the molecule is O=S(=O)(Cl)CC1CCOc2ccc(O)cc21. The Balaban J connectivity index is 2.35. The van der Waals surface area contributed by atoms with Crippen molar-refractivity contribution in [2.24, 2.45) is 0 Å². The highest BCUT2D eigenvalue weighted by atomic mass is 35.7. The van der Waals surface area contributed by atoms with Gasteiger partial charge in [0.25, 0.3) is 0 Å². The van der Waals surface area contributed by atoms with Crippen LogP contribution < -0.4 is 4.74 Å². The maximum absolute atomic E-state index is 11.1. The molecule has 16 heavy (non-hydrogen) atoms. The third kappa shape index (κ3) is 2.59. The molecular formula is C10H11ClO4S. The van der Waals surface area contributed by atoms with Crippen molar-refractivity contribution in [2.75, 3.05) is 12.4 Å². The number of hydrogen-bond donors (Lipinski definition) is 1. The number of ether oxygens (including phenoxy) is 1. The van der Waals surface area contributed by atoms with Crippen molar-refractivity contribution in [3.8, 4) is 11.5 Å². The van der Waals surface area contributed by atoms with Gasteiger partial charge in [-0.05, 0) is 24.6 Å². The van der Waals surface area contributed by atoms with E-state index in [4.69, 9.17) is 15.4 Å². The van der Waals surface area contributed by atoms with E-state index in [-0.39, 0.29) is 17.4 Å². The Bertz CT molecular complexity index is 498. The second-order valence-electron chi connectivity index (χ2n) is 3.76. The Morgan fingerprint density at radius 1 is 1.50 bits per heavy atom. The molecule has 0 aromatic heterocycles. The lowest BCUT2D eigenvalue weighted by Gasteiger charge is -2.24. The van der Waals surface area contributed by atoms with E-state index in [1.165, 1.54) is 12.1 Å². The zero-order valence-corrected chi connectivity index (χ0v) is 9.96. The summed E-state index contributed by atoms with van der Waals surface area (Å²) in [4.78, 5) is 0. The van der Waals surface area contributed by atoms with E-state index in [1.54, 1.807) is 6.07 Å². The monoisotopic (exact) mass is 262 g/mol.